The predicted octanol–water partition coefficient (Wildman–Crippen LogP) is 0.464. The van der Waals surface area contributed by atoms with Gasteiger partial charge in [0.05, 0.1) is 23.6 Å². The lowest BCUT2D eigenvalue weighted by molar-refractivity contribution is -0.123. The summed E-state index contributed by atoms with van der Waals surface area (Å²) in [5.41, 5.74) is 7.29. The monoisotopic (exact) mass is 440 g/mol. The third-order valence-corrected chi connectivity index (χ3v) is 6.56. The van der Waals surface area contributed by atoms with Crippen LogP contribution in [0.25, 0.3) is 0 Å². The molecule has 10 nitrogen and oxygen atoms in total. The van der Waals surface area contributed by atoms with E-state index in [-0.39, 0.29) is 41.5 Å². The van der Waals surface area contributed by atoms with Gasteiger partial charge in [-0.25, -0.2) is 14.4 Å². The maximum absolute atomic E-state index is 14.6. The summed E-state index contributed by atoms with van der Waals surface area (Å²) in [4.78, 5) is 38.5. The third kappa shape index (κ3) is 3.42. The molecule has 0 unspecified atom stereocenters. The number of amides is 2. The van der Waals surface area contributed by atoms with Crippen molar-refractivity contribution in [3.8, 4) is 0 Å². The molecule has 2 aromatic rings. The Morgan fingerprint density at radius 2 is 2.06 bits per heavy atom. The summed E-state index contributed by atoms with van der Waals surface area (Å²) in [6.07, 6.45) is 4.44. The summed E-state index contributed by atoms with van der Waals surface area (Å²) < 4.78 is 14.6. The molecule has 11 heteroatoms. The third-order valence-electron chi connectivity index (χ3n) is 6.56. The Balaban J connectivity index is 1.32. The molecular weight excluding hydrogens is 415 g/mol. The Morgan fingerprint density at radius 3 is 2.75 bits per heavy atom. The van der Waals surface area contributed by atoms with Crippen LogP contribution in [0, 0.1) is 24.6 Å². The van der Waals surface area contributed by atoms with Crippen LogP contribution in [-0.2, 0) is 4.79 Å². The number of hydrogen-bond acceptors (Lipinski definition) is 8. The highest BCUT2D eigenvalue weighted by molar-refractivity contribution is 5.93. The lowest BCUT2D eigenvalue weighted by atomic mass is 10.2. The number of anilines is 3. The van der Waals surface area contributed by atoms with E-state index in [4.69, 9.17) is 5.73 Å². The van der Waals surface area contributed by atoms with Gasteiger partial charge in [-0.05, 0) is 31.4 Å². The molecule has 2 amide bonds. The molecule has 0 spiro atoms. The Bertz CT molecular complexity index is 1110. The van der Waals surface area contributed by atoms with Gasteiger partial charge in [0.25, 0.3) is 5.91 Å². The normalized spacial score (nSPS) is 25.8. The second-order valence-electron chi connectivity index (χ2n) is 8.78. The van der Waals surface area contributed by atoms with Crippen molar-refractivity contribution in [3.05, 3.63) is 35.5 Å². The standard InChI is InChI=1S/C21H25FN8O2/c1-10-5-12(6-25-15(10)19(32)24-2)27-20-26-7-14(22)17(28-20)30-8-13-16(23)21(13,9-30)29-18(31)11-3-4-11/h5-7,11,13,16H,3-4,8-9,23H2,1-2H3,(H,24,32)(H,29,31)(H,26,27,28)/t13-,16+,21+/m0/s1. The zero-order valence-electron chi connectivity index (χ0n) is 17.9. The SMILES string of the molecule is CNC(=O)c1ncc(Nc2ncc(F)c(N3C[C@H]4[C@@H](N)[C@@]4(NC(=O)C4CC4)C3)n2)cc1C. The molecule has 3 aliphatic rings. The fourth-order valence-electron chi connectivity index (χ4n) is 4.49. The van der Waals surface area contributed by atoms with E-state index in [1.807, 2.05) is 4.90 Å². The first-order chi connectivity index (χ1) is 15.3. The fourth-order valence-corrected chi connectivity index (χ4v) is 4.49. The van der Waals surface area contributed by atoms with Crippen LogP contribution >= 0.6 is 0 Å². The molecule has 1 aliphatic heterocycles. The average molecular weight is 440 g/mol. The van der Waals surface area contributed by atoms with Gasteiger partial charge in [-0.15, -0.1) is 0 Å². The largest absolute Gasteiger partial charge is 0.354 e. The molecule has 0 aromatic carbocycles. The number of pyridine rings is 1. The highest BCUT2D eigenvalue weighted by Gasteiger charge is 2.69. The lowest BCUT2D eigenvalue weighted by Gasteiger charge is -2.25. The van der Waals surface area contributed by atoms with E-state index in [1.165, 1.54) is 6.20 Å². The zero-order chi connectivity index (χ0) is 22.6. The van der Waals surface area contributed by atoms with E-state index in [9.17, 15) is 14.0 Å². The molecule has 2 saturated carbocycles. The molecule has 5 N–H and O–H groups in total. The number of nitrogens with one attached hydrogen (secondary N) is 3. The second kappa shape index (κ2) is 7.37. The quantitative estimate of drug-likeness (QED) is 0.508. The van der Waals surface area contributed by atoms with E-state index in [0.717, 1.165) is 19.0 Å². The smallest absolute Gasteiger partial charge is 0.269 e. The highest BCUT2D eigenvalue weighted by Crippen LogP contribution is 2.50. The van der Waals surface area contributed by atoms with Crippen LogP contribution in [0.2, 0.25) is 0 Å². The van der Waals surface area contributed by atoms with Crippen LogP contribution in [-0.4, -0.2) is 58.5 Å². The topological polar surface area (TPSA) is 138 Å². The van der Waals surface area contributed by atoms with Crippen molar-refractivity contribution < 1.29 is 14.0 Å². The van der Waals surface area contributed by atoms with Gasteiger partial charge in [-0.2, -0.15) is 4.98 Å². The Morgan fingerprint density at radius 1 is 1.28 bits per heavy atom. The van der Waals surface area contributed by atoms with Gasteiger partial charge in [0.1, 0.15) is 5.69 Å². The molecular formula is C21H25FN8O2. The lowest BCUT2D eigenvalue weighted by Crippen LogP contribution is -2.48. The fraction of sp³-hybridized carbons (Fsp3) is 0.476. The van der Waals surface area contributed by atoms with Crippen molar-refractivity contribution in [2.24, 2.45) is 17.6 Å². The molecule has 32 heavy (non-hydrogen) atoms. The number of aromatic nitrogens is 3. The number of aryl methyl sites for hydroxylation is 1. The number of nitrogens with two attached hydrogens (primary N) is 1. The molecule has 0 bridgehead atoms. The van der Waals surface area contributed by atoms with E-state index in [2.05, 4.69) is 30.9 Å². The maximum atomic E-state index is 14.6. The first-order valence-electron chi connectivity index (χ1n) is 10.6. The van der Waals surface area contributed by atoms with E-state index in [1.54, 1.807) is 20.0 Å². The highest BCUT2D eigenvalue weighted by atomic mass is 19.1. The number of rotatable bonds is 6. The Labute approximate surface area is 184 Å². The summed E-state index contributed by atoms with van der Waals surface area (Å²) in [5.74, 6) is -0.255. The van der Waals surface area contributed by atoms with Crippen LogP contribution < -0.4 is 26.6 Å². The summed E-state index contributed by atoms with van der Waals surface area (Å²) in [7, 11) is 1.54. The van der Waals surface area contributed by atoms with E-state index < -0.39 is 11.4 Å². The Hall–Kier alpha value is -3.34. The second-order valence-corrected chi connectivity index (χ2v) is 8.78. The molecule has 1 saturated heterocycles. The minimum atomic E-state index is -0.543. The molecule has 5 rings (SSSR count). The van der Waals surface area contributed by atoms with Crippen molar-refractivity contribution in [1.29, 1.82) is 0 Å². The number of hydrogen-bond donors (Lipinski definition) is 4. The van der Waals surface area contributed by atoms with Crippen molar-refractivity contribution >= 4 is 29.3 Å². The van der Waals surface area contributed by atoms with Crippen LogP contribution in [0.15, 0.2) is 18.5 Å². The van der Waals surface area contributed by atoms with E-state index >= 15 is 0 Å². The summed E-state index contributed by atoms with van der Waals surface area (Å²) in [6.45, 7) is 2.70. The van der Waals surface area contributed by atoms with E-state index in [0.29, 0.717) is 30.0 Å². The zero-order valence-corrected chi connectivity index (χ0v) is 17.9. The van der Waals surface area contributed by atoms with Crippen molar-refractivity contribution in [2.45, 2.75) is 31.3 Å². The van der Waals surface area contributed by atoms with Crippen molar-refractivity contribution in [2.75, 3.05) is 30.4 Å². The number of fused-ring (bicyclic) bond motifs is 1. The number of nitrogens with zero attached hydrogens (tertiary/aromatic N) is 4. The molecule has 3 fully saturated rings. The summed E-state index contributed by atoms with van der Waals surface area (Å²) in [6, 6.07) is 1.62. The molecule has 168 valence electrons. The number of carbonyl (C=O) groups is 2. The summed E-state index contributed by atoms with van der Waals surface area (Å²) >= 11 is 0. The molecule has 2 aromatic heterocycles. The van der Waals surface area contributed by atoms with Crippen molar-refractivity contribution in [1.82, 2.24) is 25.6 Å². The number of carbonyl (C=O) groups excluding carboxylic acids is 2. The van der Waals surface area contributed by atoms with Gasteiger partial charge in [0.2, 0.25) is 11.9 Å². The summed E-state index contributed by atoms with van der Waals surface area (Å²) in [5, 5.41) is 8.67. The van der Waals surface area contributed by atoms with Gasteiger partial charge in [0, 0.05) is 38.0 Å². The minimum absolute atomic E-state index is 0.0402. The van der Waals surface area contributed by atoms with Gasteiger partial charge in [0.15, 0.2) is 11.6 Å². The van der Waals surface area contributed by atoms with Crippen LogP contribution in [0.4, 0.5) is 21.8 Å². The first-order valence-corrected chi connectivity index (χ1v) is 10.6. The van der Waals surface area contributed by atoms with Crippen LogP contribution in [0.5, 0.6) is 0 Å². The van der Waals surface area contributed by atoms with Crippen LogP contribution in [0.3, 0.4) is 0 Å². The van der Waals surface area contributed by atoms with Gasteiger partial charge < -0.3 is 26.6 Å². The van der Waals surface area contributed by atoms with Crippen LogP contribution in [0.1, 0.15) is 28.9 Å². The maximum Gasteiger partial charge on any atom is 0.269 e. The minimum Gasteiger partial charge on any atom is -0.354 e. The predicted molar refractivity (Wildman–Crippen MR) is 115 cm³/mol. The number of halogens is 1. The molecule has 3 heterocycles. The first kappa shape index (κ1) is 20.6. The average Bonchev–Trinajstić information content (AvgIpc) is 3.66. The molecule has 2 aliphatic carbocycles. The molecule has 0 radical (unpaired) electrons. The van der Waals surface area contributed by atoms with Gasteiger partial charge >= 0.3 is 0 Å². The van der Waals surface area contributed by atoms with Gasteiger partial charge in [-0.3, -0.25) is 9.59 Å². The molecule has 3 atom stereocenters. The Kier molecular flexibility index (Phi) is 4.73. The number of piperidine rings is 1. The van der Waals surface area contributed by atoms with Crippen molar-refractivity contribution in [3.63, 3.8) is 0 Å². The van der Waals surface area contributed by atoms with Gasteiger partial charge in [-0.1, -0.05) is 0 Å².